The summed E-state index contributed by atoms with van der Waals surface area (Å²) in [5.41, 5.74) is 1.29. The number of rotatable bonds is 12. The molecule has 1 aromatic carbocycles. The van der Waals surface area contributed by atoms with E-state index in [9.17, 15) is 0 Å². The molecule has 0 saturated heterocycles. The van der Waals surface area contributed by atoms with E-state index in [4.69, 9.17) is 9.47 Å². The summed E-state index contributed by atoms with van der Waals surface area (Å²) in [5.74, 6) is 0.972. The van der Waals surface area contributed by atoms with Crippen LogP contribution in [0.5, 0.6) is 5.75 Å². The predicted molar refractivity (Wildman–Crippen MR) is 88.9 cm³/mol. The highest BCUT2D eigenvalue weighted by atomic mass is 16.5. The van der Waals surface area contributed by atoms with E-state index in [0.717, 1.165) is 44.9 Å². The van der Waals surface area contributed by atoms with Gasteiger partial charge in [-0.1, -0.05) is 31.9 Å². The monoisotopic (exact) mass is 293 g/mol. The van der Waals surface area contributed by atoms with Crippen molar-refractivity contribution in [1.29, 1.82) is 0 Å². The molecule has 0 radical (unpaired) electrons. The van der Waals surface area contributed by atoms with Gasteiger partial charge in [-0.15, -0.1) is 0 Å². The number of nitrogens with one attached hydrogen (secondary N) is 1. The molecular formula is C18H31NO2. The highest BCUT2D eigenvalue weighted by molar-refractivity contribution is 5.27. The molecule has 1 rings (SSSR count). The van der Waals surface area contributed by atoms with Crippen molar-refractivity contribution >= 4 is 0 Å². The summed E-state index contributed by atoms with van der Waals surface area (Å²) >= 11 is 0. The SMILES string of the molecule is CCCCCOc1ccc(CNCCCOC(C)C)cc1. The van der Waals surface area contributed by atoms with Gasteiger partial charge in [0.05, 0.1) is 12.7 Å². The van der Waals surface area contributed by atoms with Gasteiger partial charge in [0, 0.05) is 13.2 Å². The number of hydrogen-bond donors (Lipinski definition) is 1. The summed E-state index contributed by atoms with van der Waals surface area (Å²) in [6, 6.07) is 8.38. The van der Waals surface area contributed by atoms with Gasteiger partial charge in [-0.25, -0.2) is 0 Å². The molecule has 0 fully saturated rings. The lowest BCUT2D eigenvalue weighted by molar-refractivity contribution is 0.0770. The second-order valence-electron chi connectivity index (χ2n) is 5.65. The van der Waals surface area contributed by atoms with Crippen LogP contribution in [0, 0.1) is 0 Å². The maximum Gasteiger partial charge on any atom is 0.119 e. The van der Waals surface area contributed by atoms with E-state index >= 15 is 0 Å². The van der Waals surface area contributed by atoms with Gasteiger partial charge >= 0.3 is 0 Å². The van der Waals surface area contributed by atoms with Crippen LogP contribution in [0.4, 0.5) is 0 Å². The molecule has 0 aliphatic heterocycles. The van der Waals surface area contributed by atoms with E-state index in [-0.39, 0.29) is 0 Å². The molecule has 1 N–H and O–H groups in total. The molecule has 0 atom stereocenters. The molecule has 21 heavy (non-hydrogen) atoms. The van der Waals surface area contributed by atoms with Gasteiger partial charge in [0.1, 0.15) is 5.75 Å². The van der Waals surface area contributed by atoms with Crippen molar-refractivity contribution in [2.45, 2.75) is 59.1 Å². The van der Waals surface area contributed by atoms with Crippen molar-refractivity contribution in [2.75, 3.05) is 19.8 Å². The van der Waals surface area contributed by atoms with Gasteiger partial charge in [-0.2, -0.15) is 0 Å². The molecule has 0 unspecified atom stereocenters. The third-order valence-corrected chi connectivity index (χ3v) is 3.22. The van der Waals surface area contributed by atoms with Crippen LogP contribution in [0.3, 0.4) is 0 Å². The van der Waals surface area contributed by atoms with Crippen molar-refractivity contribution in [3.8, 4) is 5.75 Å². The summed E-state index contributed by atoms with van der Waals surface area (Å²) in [6.07, 6.45) is 4.99. The molecular weight excluding hydrogens is 262 g/mol. The first kappa shape index (κ1) is 18.0. The summed E-state index contributed by atoms with van der Waals surface area (Å²) in [7, 11) is 0. The maximum absolute atomic E-state index is 5.71. The third-order valence-electron chi connectivity index (χ3n) is 3.22. The largest absolute Gasteiger partial charge is 0.494 e. The van der Waals surface area contributed by atoms with Gasteiger partial charge < -0.3 is 14.8 Å². The minimum atomic E-state index is 0.329. The average molecular weight is 293 g/mol. The quantitative estimate of drug-likeness (QED) is 0.587. The highest BCUT2D eigenvalue weighted by Gasteiger charge is 1.97. The molecule has 0 saturated carbocycles. The number of ether oxygens (including phenoxy) is 2. The van der Waals surface area contributed by atoms with Crippen LogP contribution in [0.25, 0.3) is 0 Å². The van der Waals surface area contributed by atoms with Gasteiger partial charge in [-0.05, 0) is 50.9 Å². The zero-order valence-corrected chi connectivity index (χ0v) is 13.9. The molecule has 0 aromatic heterocycles. The van der Waals surface area contributed by atoms with Gasteiger partial charge in [0.25, 0.3) is 0 Å². The summed E-state index contributed by atoms with van der Waals surface area (Å²) in [5, 5.41) is 3.43. The van der Waals surface area contributed by atoms with E-state index in [0.29, 0.717) is 6.10 Å². The van der Waals surface area contributed by atoms with E-state index in [1.807, 2.05) is 0 Å². The Morgan fingerprint density at radius 1 is 1.00 bits per heavy atom. The van der Waals surface area contributed by atoms with E-state index < -0.39 is 0 Å². The average Bonchev–Trinajstić information content (AvgIpc) is 2.48. The zero-order valence-electron chi connectivity index (χ0n) is 13.9. The Labute approximate surface area is 130 Å². The first-order valence-electron chi connectivity index (χ1n) is 8.26. The number of hydrogen-bond acceptors (Lipinski definition) is 3. The van der Waals surface area contributed by atoms with Gasteiger partial charge in [-0.3, -0.25) is 0 Å². The number of benzene rings is 1. The fraction of sp³-hybridized carbons (Fsp3) is 0.667. The van der Waals surface area contributed by atoms with Crippen LogP contribution < -0.4 is 10.1 Å². The van der Waals surface area contributed by atoms with Crippen LogP contribution in [-0.4, -0.2) is 25.9 Å². The first-order valence-corrected chi connectivity index (χ1v) is 8.26. The molecule has 0 heterocycles. The van der Waals surface area contributed by atoms with E-state index in [1.165, 1.54) is 18.4 Å². The summed E-state index contributed by atoms with van der Waals surface area (Å²) in [4.78, 5) is 0. The van der Waals surface area contributed by atoms with Crippen molar-refractivity contribution < 1.29 is 9.47 Å². The first-order chi connectivity index (χ1) is 10.2. The van der Waals surface area contributed by atoms with Gasteiger partial charge in [0.15, 0.2) is 0 Å². The number of unbranched alkanes of at least 4 members (excludes halogenated alkanes) is 2. The Morgan fingerprint density at radius 3 is 2.43 bits per heavy atom. The minimum absolute atomic E-state index is 0.329. The van der Waals surface area contributed by atoms with Crippen LogP contribution in [0.15, 0.2) is 24.3 Å². The third kappa shape index (κ3) is 9.48. The smallest absolute Gasteiger partial charge is 0.119 e. The van der Waals surface area contributed by atoms with Crippen molar-refractivity contribution in [1.82, 2.24) is 5.32 Å². The zero-order chi connectivity index (χ0) is 15.3. The van der Waals surface area contributed by atoms with E-state index in [1.54, 1.807) is 0 Å². The molecule has 120 valence electrons. The van der Waals surface area contributed by atoms with Gasteiger partial charge in [0.2, 0.25) is 0 Å². The lowest BCUT2D eigenvalue weighted by Crippen LogP contribution is -2.17. The Kier molecular flexibility index (Phi) is 9.92. The topological polar surface area (TPSA) is 30.5 Å². The van der Waals surface area contributed by atoms with Crippen LogP contribution >= 0.6 is 0 Å². The highest BCUT2D eigenvalue weighted by Crippen LogP contribution is 2.12. The molecule has 0 aliphatic rings. The minimum Gasteiger partial charge on any atom is -0.494 e. The Hall–Kier alpha value is -1.06. The molecule has 0 aliphatic carbocycles. The normalized spacial score (nSPS) is 11.0. The molecule has 0 bridgehead atoms. The fourth-order valence-corrected chi connectivity index (χ4v) is 1.99. The van der Waals surface area contributed by atoms with Crippen LogP contribution in [0.2, 0.25) is 0 Å². The molecule has 1 aromatic rings. The van der Waals surface area contributed by atoms with Crippen LogP contribution in [0.1, 0.15) is 52.0 Å². The molecule has 3 nitrogen and oxygen atoms in total. The lowest BCUT2D eigenvalue weighted by Gasteiger charge is -2.09. The summed E-state index contributed by atoms with van der Waals surface area (Å²) in [6.45, 7) is 9.88. The Bertz CT molecular complexity index is 349. The van der Waals surface area contributed by atoms with Crippen molar-refractivity contribution in [3.63, 3.8) is 0 Å². The standard InChI is InChI=1S/C18H31NO2/c1-4-5-6-13-21-18-10-8-17(9-11-18)15-19-12-7-14-20-16(2)3/h8-11,16,19H,4-7,12-15H2,1-3H3. The summed E-state index contributed by atoms with van der Waals surface area (Å²) < 4.78 is 11.2. The Balaban J connectivity index is 2.10. The maximum atomic E-state index is 5.71. The molecule has 0 amide bonds. The lowest BCUT2D eigenvalue weighted by atomic mass is 10.2. The second-order valence-corrected chi connectivity index (χ2v) is 5.65. The molecule has 3 heteroatoms. The predicted octanol–water partition coefficient (Wildman–Crippen LogP) is 4.16. The van der Waals surface area contributed by atoms with Crippen molar-refractivity contribution in [2.24, 2.45) is 0 Å². The fourth-order valence-electron chi connectivity index (χ4n) is 1.99. The van der Waals surface area contributed by atoms with Crippen LogP contribution in [-0.2, 0) is 11.3 Å². The second kappa shape index (κ2) is 11.6. The van der Waals surface area contributed by atoms with E-state index in [2.05, 4.69) is 50.4 Å². The molecule has 0 spiro atoms. The van der Waals surface area contributed by atoms with Crippen molar-refractivity contribution in [3.05, 3.63) is 29.8 Å². The Morgan fingerprint density at radius 2 is 1.76 bits per heavy atom.